The fourth-order valence-electron chi connectivity index (χ4n) is 1.49. The van der Waals surface area contributed by atoms with Crippen molar-refractivity contribution in [3.05, 3.63) is 29.3 Å². The Morgan fingerprint density at radius 1 is 1.31 bits per heavy atom. The predicted molar refractivity (Wildman–Crippen MR) is 67.1 cm³/mol. The second-order valence-electron chi connectivity index (χ2n) is 5.39. The van der Waals surface area contributed by atoms with Gasteiger partial charge in [-0.25, -0.2) is 0 Å². The summed E-state index contributed by atoms with van der Waals surface area (Å²) in [6.45, 7) is 10.7. The molecular formula is C14H22O2. The Balaban J connectivity index is 2.84. The van der Waals surface area contributed by atoms with E-state index < -0.39 is 6.10 Å². The van der Waals surface area contributed by atoms with Crippen LogP contribution in [0.25, 0.3) is 0 Å². The molecule has 0 bridgehead atoms. The topological polar surface area (TPSA) is 29.5 Å². The van der Waals surface area contributed by atoms with Gasteiger partial charge < -0.3 is 9.84 Å². The molecule has 2 nitrogen and oxygen atoms in total. The molecule has 0 amide bonds. The lowest BCUT2D eigenvalue weighted by atomic mass is 9.86. The van der Waals surface area contributed by atoms with Crippen molar-refractivity contribution < 1.29 is 9.84 Å². The SMILES string of the molecule is Cc1cc(C(C)(C)C)ccc1OC[C@@H](C)O. The van der Waals surface area contributed by atoms with Crippen LogP contribution < -0.4 is 4.74 Å². The molecule has 1 rings (SSSR count). The van der Waals surface area contributed by atoms with Gasteiger partial charge in [-0.2, -0.15) is 0 Å². The number of benzene rings is 1. The third kappa shape index (κ3) is 3.53. The number of ether oxygens (including phenoxy) is 1. The summed E-state index contributed by atoms with van der Waals surface area (Å²) in [5, 5.41) is 9.16. The number of rotatable bonds is 3. The van der Waals surface area contributed by atoms with E-state index in [2.05, 4.69) is 32.9 Å². The molecule has 0 saturated heterocycles. The summed E-state index contributed by atoms with van der Waals surface area (Å²) < 4.78 is 5.52. The van der Waals surface area contributed by atoms with Gasteiger partial charge in [-0.3, -0.25) is 0 Å². The first kappa shape index (κ1) is 13.0. The molecule has 0 fully saturated rings. The van der Waals surface area contributed by atoms with Crippen LogP contribution in [0.1, 0.15) is 38.8 Å². The molecule has 0 unspecified atom stereocenters. The largest absolute Gasteiger partial charge is 0.491 e. The highest BCUT2D eigenvalue weighted by Crippen LogP contribution is 2.27. The van der Waals surface area contributed by atoms with Crippen molar-refractivity contribution in [3.63, 3.8) is 0 Å². The van der Waals surface area contributed by atoms with Crippen LogP contribution >= 0.6 is 0 Å². The Morgan fingerprint density at radius 2 is 1.94 bits per heavy atom. The van der Waals surface area contributed by atoms with Crippen LogP contribution in [-0.4, -0.2) is 17.8 Å². The minimum absolute atomic E-state index is 0.160. The van der Waals surface area contributed by atoms with Crippen molar-refractivity contribution in [1.82, 2.24) is 0 Å². The van der Waals surface area contributed by atoms with Crippen molar-refractivity contribution in [2.24, 2.45) is 0 Å². The Kier molecular flexibility index (Phi) is 3.98. The minimum atomic E-state index is -0.429. The highest BCUT2D eigenvalue weighted by Gasteiger charge is 2.14. The number of hydrogen-bond acceptors (Lipinski definition) is 2. The second-order valence-corrected chi connectivity index (χ2v) is 5.39. The number of aliphatic hydroxyl groups excluding tert-OH is 1. The quantitative estimate of drug-likeness (QED) is 0.851. The molecule has 90 valence electrons. The average molecular weight is 222 g/mol. The Morgan fingerprint density at radius 3 is 2.38 bits per heavy atom. The van der Waals surface area contributed by atoms with E-state index in [9.17, 15) is 0 Å². The summed E-state index contributed by atoms with van der Waals surface area (Å²) >= 11 is 0. The molecule has 1 aromatic carbocycles. The molecule has 1 N–H and O–H groups in total. The fourth-order valence-corrected chi connectivity index (χ4v) is 1.49. The summed E-state index contributed by atoms with van der Waals surface area (Å²) in [6.07, 6.45) is -0.429. The van der Waals surface area contributed by atoms with Crippen LogP contribution in [0.15, 0.2) is 18.2 Å². The zero-order valence-electron chi connectivity index (χ0n) is 10.9. The predicted octanol–water partition coefficient (Wildman–Crippen LogP) is 3.05. The van der Waals surface area contributed by atoms with Gasteiger partial charge in [-0.05, 0) is 36.5 Å². The van der Waals surface area contributed by atoms with E-state index in [1.54, 1.807) is 6.92 Å². The lowest BCUT2D eigenvalue weighted by Crippen LogP contribution is -2.14. The zero-order chi connectivity index (χ0) is 12.3. The van der Waals surface area contributed by atoms with E-state index in [1.807, 2.05) is 13.0 Å². The van der Waals surface area contributed by atoms with Crippen molar-refractivity contribution in [2.45, 2.75) is 46.1 Å². The first-order chi connectivity index (χ1) is 7.30. The van der Waals surface area contributed by atoms with E-state index in [0.717, 1.165) is 11.3 Å². The Labute approximate surface area is 98.3 Å². The van der Waals surface area contributed by atoms with E-state index in [0.29, 0.717) is 6.61 Å². The van der Waals surface area contributed by atoms with Gasteiger partial charge in [0.15, 0.2) is 0 Å². The lowest BCUT2D eigenvalue weighted by Gasteiger charge is -2.20. The lowest BCUT2D eigenvalue weighted by molar-refractivity contribution is 0.122. The molecule has 2 heteroatoms. The van der Waals surface area contributed by atoms with Gasteiger partial charge in [0, 0.05) is 0 Å². The van der Waals surface area contributed by atoms with E-state index in [-0.39, 0.29) is 5.41 Å². The highest BCUT2D eigenvalue weighted by molar-refractivity contribution is 5.38. The first-order valence-electron chi connectivity index (χ1n) is 5.72. The molecule has 0 heterocycles. The number of aliphatic hydroxyl groups is 1. The Hall–Kier alpha value is -1.02. The fraction of sp³-hybridized carbons (Fsp3) is 0.571. The van der Waals surface area contributed by atoms with Crippen LogP contribution in [-0.2, 0) is 5.41 Å². The van der Waals surface area contributed by atoms with Crippen molar-refractivity contribution in [3.8, 4) is 5.75 Å². The molecule has 0 aliphatic carbocycles. The van der Waals surface area contributed by atoms with E-state index in [4.69, 9.17) is 9.84 Å². The van der Waals surface area contributed by atoms with Crippen LogP contribution in [0.3, 0.4) is 0 Å². The average Bonchev–Trinajstić information content (AvgIpc) is 2.14. The van der Waals surface area contributed by atoms with Gasteiger partial charge in [0.25, 0.3) is 0 Å². The van der Waals surface area contributed by atoms with Crippen LogP contribution in [0, 0.1) is 6.92 Å². The summed E-state index contributed by atoms with van der Waals surface area (Å²) in [6, 6.07) is 6.22. The molecule has 0 aliphatic heterocycles. The molecule has 0 aromatic heterocycles. The molecule has 0 spiro atoms. The van der Waals surface area contributed by atoms with Crippen molar-refractivity contribution in [1.29, 1.82) is 0 Å². The maximum Gasteiger partial charge on any atom is 0.122 e. The molecule has 16 heavy (non-hydrogen) atoms. The van der Waals surface area contributed by atoms with Crippen LogP contribution in [0.4, 0.5) is 0 Å². The summed E-state index contributed by atoms with van der Waals surface area (Å²) in [5.74, 6) is 0.855. The van der Waals surface area contributed by atoms with Gasteiger partial charge in [-0.15, -0.1) is 0 Å². The van der Waals surface area contributed by atoms with Crippen LogP contribution in [0.2, 0.25) is 0 Å². The third-order valence-electron chi connectivity index (χ3n) is 2.52. The Bertz CT molecular complexity index is 348. The van der Waals surface area contributed by atoms with Gasteiger partial charge in [0.05, 0.1) is 6.10 Å². The molecule has 0 radical (unpaired) electrons. The normalized spacial score (nSPS) is 13.6. The van der Waals surface area contributed by atoms with Crippen molar-refractivity contribution in [2.75, 3.05) is 6.61 Å². The monoisotopic (exact) mass is 222 g/mol. The first-order valence-corrected chi connectivity index (χ1v) is 5.72. The summed E-state index contributed by atoms with van der Waals surface area (Å²) in [5.41, 5.74) is 2.58. The zero-order valence-corrected chi connectivity index (χ0v) is 10.9. The second kappa shape index (κ2) is 4.88. The summed E-state index contributed by atoms with van der Waals surface area (Å²) in [4.78, 5) is 0. The summed E-state index contributed by atoms with van der Waals surface area (Å²) in [7, 11) is 0. The van der Waals surface area contributed by atoms with Gasteiger partial charge >= 0.3 is 0 Å². The van der Waals surface area contributed by atoms with Crippen molar-refractivity contribution >= 4 is 0 Å². The maximum atomic E-state index is 9.16. The number of hydrogen-bond donors (Lipinski definition) is 1. The standard InChI is InChI=1S/C14H22O2/c1-10-8-12(14(3,4)5)6-7-13(10)16-9-11(2)15/h6-8,11,15H,9H2,1-5H3/t11-/m1/s1. The molecule has 0 aliphatic rings. The molecular weight excluding hydrogens is 200 g/mol. The van der Waals surface area contributed by atoms with Gasteiger partial charge in [0.1, 0.15) is 12.4 Å². The molecule has 0 saturated carbocycles. The highest BCUT2D eigenvalue weighted by atomic mass is 16.5. The molecule has 1 atom stereocenters. The molecule has 1 aromatic rings. The van der Waals surface area contributed by atoms with E-state index >= 15 is 0 Å². The smallest absolute Gasteiger partial charge is 0.122 e. The van der Waals surface area contributed by atoms with Gasteiger partial charge in [0.2, 0.25) is 0 Å². The number of aryl methyl sites for hydroxylation is 1. The third-order valence-corrected chi connectivity index (χ3v) is 2.52. The minimum Gasteiger partial charge on any atom is -0.491 e. The van der Waals surface area contributed by atoms with Crippen LogP contribution in [0.5, 0.6) is 5.75 Å². The maximum absolute atomic E-state index is 9.16. The van der Waals surface area contributed by atoms with Gasteiger partial charge in [-0.1, -0.05) is 32.9 Å². The van der Waals surface area contributed by atoms with E-state index in [1.165, 1.54) is 5.56 Å².